The molecule has 1 heterocycles. The second-order valence-corrected chi connectivity index (χ2v) is 1.89. The maximum Gasteiger partial charge on any atom is 0.0733 e. The van der Waals surface area contributed by atoms with E-state index in [0.717, 1.165) is 6.54 Å². The summed E-state index contributed by atoms with van der Waals surface area (Å²) in [6.07, 6.45) is 0.604. The summed E-state index contributed by atoms with van der Waals surface area (Å²) in [4.78, 5) is 4.81. The molecule has 1 aliphatic heterocycles. The van der Waals surface area contributed by atoms with Gasteiger partial charge in [0.25, 0.3) is 0 Å². The van der Waals surface area contributed by atoms with E-state index in [4.69, 9.17) is 10.1 Å². The summed E-state index contributed by atoms with van der Waals surface area (Å²) in [5.41, 5.74) is 2.71. The minimum Gasteiger partial charge on any atom is -0.301 e. The lowest BCUT2D eigenvalue weighted by atomic mass is 10.1. The van der Waals surface area contributed by atoms with Gasteiger partial charge in [0.15, 0.2) is 0 Å². The maximum absolute atomic E-state index is 8.19. The predicted molar refractivity (Wildman–Crippen MR) is 27.7 cm³/mol. The third kappa shape index (κ3) is 1.19. The van der Waals surface area contributed by atoms with Crippen LogP contribution in [0, 0.1) is 17.2 Å². The van der Waals surface area contributed by atoms with Crippen molar-refractivity contribution in [1.82, 2.24) is 5.48 Å². The van der Waals surface area contributed by atoms with Crippen molar-refractivity contribution in [3.8, 4) is 6.07 Å². The molecule has 1 saturated heterocycles. The molecule has 0 aromatic heterocycles. The zero-order valence-corrected chi connectivity index (χ0v) is 4.55. The molecule has 0 aromatic carbocycles. The van der Waals surface area contributed by atoms with Crippen LogP contribution in [0.4, 0.5) is 0 Å². The van der Waals surface area contributed by atoms with E-state index in [1.165, 1.54) is 0 Å². The summed E-state index contributed by atoms with van der Waals surface area (Å²) in [5, 5.41) is 8.19. The van der Waals surface area contributed by atoms with E-state index in [0.29, 0.717) is 18.9 Å². The van der Waals surface area contributed by atoms with Crippen LogP contribution in [0.2, 0.25) is 0 Å². The minimum absolute atomic E-state index is 0.417. The van der Waals surface area contributed by atoms with Crippen molar-refractivity contribution in [2.45, 2.75) is 6.42 Å². The van der Waals surface area contributed by atoms with E-state index in [1.807, 2.05) is 0 Å². The molecule has 0 spiro atoms. The van der Waals surface area contributed by atoms with E-state index >= 15 is 0 Å². The van der Waals surface area contributed by atoms with Gasteiger partial charge in [0.05, 0.1) is 12.7 Å². The van der Waals surface area contributed by atoms with Crippen LogP contribution in [0.15, 0.2) is 0 Å². The van der Waals surface area contributed by atoms with Crippen molar-refractivity contribution in [2.75, 3.05) is 13.2 Å². The molecule has 3 heteroatoms. The van der Waals surface area contributed by atoms with Crippen LogP contribution in [-0.2, 0) is 4.84 Å². The molecule has 1 atom stereocenters. The first-order valence-electron chi connectivity index (χ1n) is 2.65. The molecule has 1 rings (SSSR count). The summed E-state index contributed by atoms with van der Waals surface area (Å²) in [7, 11) is 0. The van der Waals surface area contributed by atoms with Crippen molar-refractivity contribution in [2.24, 2.45) is 5.92 Å². The van der Waals surface area contributed by atoms with Crippen LogP contribution in [0.1, 0.15) is 6.42 Å². The highest BCUT2D eigenvalue weighted by molar-refractivity contribution is 4.77. The first-order chi connectivity index (χ1) is 3.93. The number of hydrogen-bond acceptors (Lipinski definition) is 3. The first kappa shape index (κ1) is 5.54. The highest BCUT2D eigenvalue weighted by Crippen LogP contribution is 2.05. The van der Waals surface area contributed by atoms with Gasteiger partial charge < -0.3 is 4.84 Å². The second-order valence-electron chi connectivity index (χ2n) is 1.89. The average molecular weight is 112 g/mol. The van der Waals surface area contributed by atoms with E-state index < -0.39 is 0 Å². The SMILES string of the molecule is N#CCC1CNOC1. The summed E-state index contributed by atoms with van der Waals surface area (Å²) >= 11 is 0. The van der Waals surface area contributed by atoms with Gasteiger partial charge in [-0.15, -0.1) is 0 Å². The monoisotopic (exact) mass is 112 g/mol. The molecule has 0 aromatic rings. The Kier molecular flexibility index (Phi) is 1.84. The summed E-state index contributed by atoms with van der Waals surface area (Å²) in [5.74, 6) is 0.417. The van der Waals surface area contributed by atoms with Gasteiger partial charge in [-0.3, -0.25) is 0 Å². The second kappa shape index (κ2) is 2.65. The van der Waals surface area contributed by atoms with Crippen LogP contribution in [-0.4, -0.2) is 13.2 Å². The van der Waals surface area contributed by atoms with Gasteiger partial charge in [0, 0.05) is 18.9 Å². The van der Waals surface area contributed by atoms with E-state index in [1.54, 1.807) is 0 Å². The molecule has 1 fully saturated rings. The minimum atomic E-state index is 0.417. The lowest BCUT2D eigenvalue weighted by Gasteiger charge is -1.93. The van der Waals surface area contributed by atoms with E-state index in [-0.39, 0.29) is 0 Å². The fourth-order valence-electron chi connectivity index (χ4n) is 0.673. The van der Waals surface area contributed by atoms with Crippen molar-refractivity contribution < 1.29 is 4.84 Å². The molecular weight excluding hydrogens is 104 g/mol. The lowest BCUT2D eigenvalue weighted by Crippen LogP contribution is -2.07. The Bertz CT molecular complexity index is 101. The van der Waals surface area contributed by atoms with E-state index in [9.17, 15) is 0 Å². The Hall–Kier alpha value is -0.590. The summed E-state index contributed by atoms with van der Waals surface area (Å²) < 4.78 is 0. The van der Waals surface area contributed by atoms with Gasteiger partial charge in [-0.2, -0.15) is 5.26 Å². The Labute approximate surface area is 48.2 Å². The molecule has 0 radical (unpaired) electrons. The summed E-state index contributed by atoms with van der Waals surface area (Å²) in [6, 6.07) is 2.09. The number of nitrogens with zero attached hydrogens (tertiary/aromatic N) is 1. The van der Waals surface area contributed by atoms with Gasteiger partial charge in [0.2, 0.25) is 0 Å². The van der Waals surface area contributed by atoms with Crippen LogP contribution >= 0.6 is 0 Å². The van der Waals surface area contributed by atoms with Crippen LogP contribution in [0.5, 0.6) is 0 Å². The zero-order chi connectivity index (χ0) is 5.82. The van der Waals surface area contributed by atoms with Gasteiger partial charge in [-0.05, 0) is 0 Å². The standard InChI is InChI=1S/C5H8N2O/c6-2-1-5-3-7-8-4-5/h5,7H,1,3-4H2. The molecule has 8 heavy (non-hydrogen) atoms. The summed E-state index contributed by atoms with van der Waals surface area (Å²) in [6.45, 7) is 1.52. The highest BCUT2D eigenvalue weighted by Gasteiger charge is 2.13. The molecule has 0 aliphatic carbocycles. The zero-order valence-electron chi connectivity index (χ0n) is 4.55. The Morgan fingerprint density at radius 2 is 2.75 bits per heavy atom. The molecule has 44 valence electrons. The largest absolute Gasteiger partial charge is 0.301 e. The van der Waals surface area contributed by atoms with Gasteiger partial charge in [-0.1, -0.05) is 0 Å². The highest BCUT2D eigenvalue weighted by atomic mass is 16.7. The van der Waals surface area contributed by atoms with Gasteiger partial charge >= 0.3 is 0 Å². The smallest absolute Gasteiger partial charge is 0.0733 e. The molecule has 3 nitrogen and oxygen atoms in total. The number of nitrogens with one attached hydrogen (secondary N) is 1. The molecule has 1 N–H and O–H groups in total. The average Bonchev–Trinajstić information content (AvgIpc) is 2.19. The fourth-order valence-corrected chi connectivity index (χ4v) is 0.673. The molecule has 0 saturated carbocycles. The van der Waals surface area contributed by atoms with Crippen LogP contribution in [0.3, 0.4) is 0 Å². The Morgan fingerprint density at radius 3 is 3.25 bits per heavy atom. The van der Waals surface area contributed by atoms with E-state index in [2.05, 4.69) is 11.5 Å². The molecule has 1 aliphatic rings. The third-order valence-corrected chi connectivity index (χ3v) is 1.17. The predicted octanol–water partition coefficient (Wildman–Crippen LogP) is 0.0511. The fraction of sp³-hybridized carbons (Fsp3) is 0.800. The van der Waals surface area contributed by atoms with Crippen molar-refractivity contribution in [3.63, 3.8) is 0 Å². The van der Waals surface area contributed by atoms with Gasteiger partial charge in [0.1, 0.15) is 0 Å². The lowest BCUT2D eigenvalue weighted by molar-refractivity contribution is 0.0973. The Morgan fingerprint density at radius 1 is 1.88 bits per heavy atom. The number of nitriles is 1. The normalized spacial score (nSPS) is 27.6. The molecule has 0 amide bonds. The molecule has 0 bridgehead atoms. The number of rotatable bonds is 1. The maximum atomic E-state index is 8.19. The third-order valence-electron chi connectivity index (χ3n) is 1.17. The number of hydrogen-bond donors (Lipinski definition) is 1. The quantitative estimate of drug-likeness (QED) is 0.521. The van der Waals surface area contributed by atoms with Crippen molar-refractivity contribution in [3.05, 3.63) is 0 Å². The molecule has 1 unspecified atom stereocenters. The van der Waals surface area contributed by atoms with Crippen molar-refractivity contribution in [1.29, 1.82) is 5.26 Å². The Balaban J connectivity index is 2.17. The van der Waals surface area contributed by atoms with Crippen LogP contribution < -0.4 is 5.48 Å². The van der Waals surface area contributed by atoms with Crippen LogP contribution in [0.25, 0.3) is 0 Å². The topological polar surface area (TPSA) is 45.0 Å². The molecular formula is C5H8N2O. The van der Waals surface area contributed by atoms with Gasteiger partial charge in [-0.25, -0.2) is 5.48 Å². The van der Waals surface area contributed by atoms with Crippen molar-refractivity contribution >= 4 is 0 Å². The first-order valence-corrected chi connectivity index (χ1v) is 2.65. The number of hydroxylamine groups is 1.